The lowest BCUT2D eigenvalue weighted by atomic mass is 10.1. The molecule has 1 aliphatic carbocycles. The van der Waals surface area contributed by atoms with Crippen LogP contribution in [0.2, 0.25) is 0 Å². The Morgan fingerprint density at radius 2 is 2.21 bits per heavy atom. The first kappa shape index (κ1) is 12.0. The van der Waals surface area contributed by atoms with E-state index in [2.05, 4.69) is 20.9 Å². The van der Waals surface area contributed by atoms with Crippen LogP contribution >= 0.6 is 28.3 Å². The molecule has 4 heteroatoms. The molecule has 1 fully saturated rings. The number of pyridine rings is 1. The highest BCUT2D eigenvalue weighted by Crippen LogP contribution is 2.36. The highest BCUT2D eigenvalue weighted by atomic mass is 79.9. The second-order valence-corrected chi connectivity index (χ2v) is 4.60. The summed E-state index contributed by atoms with van der Waals surface area (Å²) in [6.07, 6.45) is 5.60. The Kier molecular flexibility index (Phi) is 4.35. The van der Waals surface area contributed by atoms with Gasteiger partial charge in [0.15, 0.2) is 0 Å². The van der Waals surface area contributed by atoms with Crippen molar-refractivity contribution >= 4 is 28.3 Å². The molecule has 0 bridgehead atoms. The molecule has 0 aliphatic heterocycles. The van der Waals surface area contributed by atoms with Crippen LogP contribution < -0.4 is 5.73 Å². The lowest BCUT2D eigenvalue weighted by Gasteiger charge is -2.09. The van der Waals surface area contributed by atoms with Gasteiger partial charge < -0.3 is 5.73 Å². The minimum atomic E-state index is 0. The molecule has 2 N–H and O–H groups in total. The molecule has 0 unspecified atom stereocenters. The third kappa shape index (κ3) is 3.23. The number of halogens is 2. The van der Waals surface area contributed by atoms with Gasteiger partial charge >= 0.3 is 0 Å². The van der Waals surface area contributed by atoms with Gasteiger partial charge in [-0.25, -0.2) is 0 Å². The molecule has 0 amide bonds. The van der Waals surface area contributed by atoms with Crippen molar-refractivity contribution in [2.45, 2.75) is 25.3 Å². The third-order valence-electron chi connectivity index (χ3n) is 2.41. The Bertz CT molecular complexity index is 285. The van der Waals surface area contributed by atoms with Crippen molar-refractivity contribution in [3.05, 3.63) is 28.5 Å². The highest BCUT2D eigenvalue weighted by Gasteiger charge is 2.24. The van der Waals surface area contributed by atoms with Crippen LogP contribution in [0.3, 0.4) is 0 Å². The largest absolute Gasteiger partial charge is 0.323 e. The standard InChI is InChI=1S/C10H13BrN2.ClH/c11-8-3-4-10(13-6-8)9(12)5-7-1-2-7;/h3-4,6-7,9H,1-2,5,12H2;1H/t9-;/m1./s1. The Labute approximate surface area is 98.8 Å². The normalized spacial score (nSPS) is 17.3. The maximum absolute atomic E-state index is 6.01. The Balaban J connectivity index is 0.000000980. The summed E-state index contributed by atoms with van der Waals surface area (Å²) in [7, 11) is 0. The first-order valence-electron chi connectivity index (χ1n) is 4.63. The lowest BCUT2D eigenvalue weighted by Crippen LogP contribution is -2.12. The fourth-order valence-electron chi connectivity index (χ4n) is 1.44. The Morgan fingerprint density at radius 1 is 1.50 bits per heavy atom. The Hall–Kier alpha value is -0.120. The number of nitrogens with two attached hydrogens (primary N) is 1. The molecule has 2 nitrogen and oxygen atoms in total. The van der Waals surface area contributed by atoms with E-state index >= 15 is 0 Å². The SMILES string of the molecule is Cl.N[C@H](CC1CC1)c1ccc(Br)cn1. The monoisotopic (exact) mass is 276 g/mol. The maximum atomic E-state index is 6.01. The van der Waals surface area contributed by atoms with Gasteiger partial charge in [0, 0.05) is 16.7 Å². The summed E-state index contributed by atoms with van der Waals surface area (Å²) in [4.78, 5) is 4.29. The summed E-state index contributed by atoms with van der Waals surface area (Å²) >= 11 is 3.35. The van der Waals surface area contributed by atoms with E-state index in [0.717, 1.165) is 22.5 Å². The number of hydrogen-bond donors (Lipinski definition) is 1. The van der Waals surface area contributed by atoms with Crippen LogP contribution in [0.25, 0.3) is 0 Å². The average Bonchev–Trinajstić information content (AvgIpc) is 2.89. The zero-order valence-electron chi connectivity index (χ0n) is 7.82. The molecule has 1 heterocycles. The van der Waals surface area contributed by atoms with Crippen molar-refractivity contribution in [2.75, 3.05) is 0 Å². The van der Waals surface area contributed by atoms with Gasteiger partial charge in [0.05, 0.1) is 5.69 Å². The van der Waals surface area contributed by atoms with Crippen LogP contribution in [-0.4, -0.2) is 4.98 Å². The van der Waals surface area contributed by atoms with Gasteiger partial charge in [0.1, 0.15) is 0 Å². The van der Waals surface area contributed by atoms with E-state index in [9.17, 15) is 0 Å². The minimum absolute atomic E-state index is 0. The number of nitrogens with zero attached hydrogens (tertiary/aromatic N) is 1. The lowest BCUT2D eigenvalue weighted by molar-refractivity contribution is 0.583. The number of aromatic nitrogens is 1. The molecule has 1 saturated carbocycles. The summed E-state index contributed by atoms with van der Waals surface area (Å²) in [5.41, 5.74) is 7.02. The molecule has 78 valence electrons. The number of hydrogen-bond acceptors (Lipinski definition) is 2. The number of rotatable bonds is 3. The van der Waals surface area contributed by atoms with E-state index in [4.69, 9.17) is 5.73 Å². The van der Waals surface area contributed by atoms with E-state index in [1.165, 1.54) is 12.8 Å². The minimum Gasteiger partial charge on any atom is -0.323 e. The highest BCUT2D eigenvalue weighted by molar-refractivity contribution is 9.10. The fourth-order valence-corrected chi connectivity index (χ4v) is 1.67. The molecule has 1 aromatic rings. The molecule has 0 radical (unpaired) electrons. The van der Waals surface area contributed by atoms with Crippen LogP contribution in [0.5, 0.6) is 0 Å². The van der Waals surface area contributed by atoms with Crippen molar-refractivity contribution in [1.82, 2.24) is 4.98 Å². The van der Waals surface area contributed by atoms with Gasteiger partial charge in [0.2, 0.25) is 0 Å². The second kappa shape index (κ2) is 5.10. The average molecular weight is 278 g/mol. The van der Waals surface area contributed by atoms with E-state index < -0.39 is 0 Å². The first-order valence-corrected chi connectivity index (χ1v) is 5.42. The predicted octanol–water partition coefficient (Wildman–Crippen LogP) is 3.07. The van der Waals surface area contributed by atoms with Crippen molar-refractivity contribution in [3.63, 3.8) is 0 Å². The third-order valence-corrected chi connectivity index (χ3v) is 2.88. The summed E-state index contributed by atoms with van der Waals surface area (Å²) < 4.78 is 1.01. The molecule has 0 aromatic carbocycles. The first-order chi connectivity index (χ1) is 6.25. The van der Waals surface area contributed by atoms with Crippen molar-refractivity contribution in [1.29, 1.82) is 0 Å². The fraction of sp³-hybridized carbons (Fsp3) is 0.500. The molecule has 1 aromatic heterocycles. The van der Waals surface area contributed by atoms with Crippen molar-refractivity contribution in [2.24, 2.45) is 11.7 Å². The maximum Gasteiger partial charge on any atom is 0.0571 e. The van der Waals surface area contributed by atoms with Gasteiger partial charge in [-0.05, 0) is 40.4 Å². The van der Waals surface area contributed by atoms with Crippen molar-refractivity contribution in [3.8, 4) is 0 Å². The van der Waals surface area contributed by atoms with E-state index in [-0.39, 0.29) is 18.4 Å². The molecule has 0 spiro atoms. The zero-order valence-corrected chi connectivity index (χ0v) is 10.2. The summed E-state index contributed by atoms with van der Waals surface area (Å²) in [6, 6.07) is 4.12. The smallest absolute Gasteiger partial charge is 0.0571 e. The molecule has 1 aliphatic rings. The second-order valence-electron chi connectivity index (χ2n) is 3.69. The zero-order chi connectivity index (χ0) is 9.26. The summed E-state index contributed by atoms with van der Waals surface area (Å²) in [6.45, 7) is 0. The van der Waals surface area contributed by atoms with Crippen LogP contribution in [0, 0.1) is 5.92 Å². The van der Waals surface area contributed by atoms with Crippen LogP contribution in [-0.2, 0) is 0 Å². The topological polar surface area (TPSA) is 38.9 Å². The van der Waals surface area contributed by atoms with E-state index in [1.54, 1.807) is 0 Å². The quantitative estimate of drug-likeness (QED) is 0.922. The van der Waals surface area contributed by atoms with Crippen LogP contribution in [0.1, 0.15) is 31.0 Å². The van der Waals surface area contributed by atoms with Gasteiger partial charge in [-0.2, -0.15) is 0 Å². The Morgan fingerprint density at radius 3 is 2.71 bits per heavy atom. The molecular weight excluding hydrogens is 263 g/mol. The molecule has 0 saturated heterocycles. The van der Waals surface area contributed by atoms with Crippen LogP contribution in [0.15, 0.2) is 22.8 Å². The van der Waals surface area contributed by atoms with E-state index in [1.807, 2.05) is 18.3 Å². The van der Waals surface area contributed by atoms with Gasteiger partial charge in [-0.15, -0.1) is 12.4 Å². The van der Waals surface area contributed by atoms with Crippen molar-refractivity contribution < 1.29 is 0 Å². The molecule has 1 atom stereocenters. The summed E-state index contributed by atoms with van der Waals surface area (Å²) in [5.74, 6) is 0.862. The van der Waals surface area contributed by atoms with E-state index in [0.29, 0.717) is 0 Å². The van der Waals surface area contributed by atoms with Gasteiger partial charge in [0.25, 0.3) is 0 Å². The summed E-state index contributed by atoms with van der Waals surface area (Å²) in [5, 5.41) is 0. The predicted molar refractivity (Wildman–Crippen MR) is 63.5 cm³/mol. The van der Waals surface area contributed by atoms with Gasteiger partial charge in [-0.3, -0.25) is 4.98 Å². The molecule has 14 heavy (non-hydrogen) atoms. The van der Waals surface area contributed by atoms with Gasteiger partial charge in [-0.1, -0.05) is 12.8 Å². The molecule has 2 rings (SSSR count). The van der Waals surface area contributed by atoms with Crippen LogP contribution in [0.4, 0.5) is 0 Å². The molecular formula is C10H14BrClN2.